The Labute approximate surface area is 123 Å². The molecule has 0 saturated carbocycles. The maximum atomic E-state index is 13.5. The molecule has 0 saturated heterocycles. The maximum absolute atomic E-state index is 13.5. The average Bonchev–Trinajstić information content (AvgIpc) is 2.74. The van der Waals surface area contributed by atoms with Crippen LogP contribution in [0.3, 0.4) is 0 Å². The molecule has 0 unspecified atom stereocenters. The molecule has 1 aromatic carbocycles. The molecule has 20 heavy (non-hydrogen) atoms. The summed E-state index contributed by atoms with van der Waals surface area (Å²) in [5.74, 6) is 0.175. The summed E-state index contributed by atoms with van der Waals surface area (Å²) in [7, 11) is 0. The van der Waals surface area contributed by atoms with Gasteiger partial charge in [0.25, 0.3) is 0 Å². The van der Waals surface area contributed by atoms with Crippen molar-refractivity contribution >= 4 is 11.6 Å². The third kappa shape index (κ3) is 3.38. The largest absolute Gasteiger partial charge is 0.312 e. The summed E-state index contributed by atoms with van der Waals surface area (Å²) in [4.78, 5) is 0. The van der Waals surface area contributed by atoms with Gasteiger partial charge in [0.05, 0.1) is 16.9 Å². The van der Waals surface area contributed by atoms with Crippen molar-refractivity contribution in [1.82, 2.24) is 15.1 Å². The molecular formula is C15H19ClFN3. The second-order valence-electron chi connectivity index (χ2n) is 5.29. The molecule has 0 spiro atoms. The van der Waals surface area contributed by atoms with E-state index in [1.54, 1.807) is 16.8 Å². The Morgan fingerprint density at radius 3 is 2.80 bits per heavy atom. The highest BCUT2D eigenvalue weighted by atomic mass is 35.5. The first kappa shape index (κ1) is 15.0. The Balaban J connectivity index is 2.17. The predicted molar refractivity (Wildman–Crippen MR) is 79.8 cm³/mol. The van der Waals surface area contributed by atoms with Crippen LogP contribution < -0.4 is 5.32 Å². The first-order valence-electron chi connectivity index (χ1n) is 6.68. The minimum absolute atomic E-state index is 0.123. The van der Waals surface area contributed by atoms with Gasteiger partial charge in [0.15, 0.2) is 0 Å². The number of halogens is 2. The minimum Gasteiger partial charge on any atom is -0.312 e. The topological polar surface area (TPSA) is 29.9 Å². The van der Waals surface area contributed by atoms with Gasteiger partial charge in [0, 0.05) is 23.9 Å². The van der Waals surface area contributed by atoms with Crippen LogP contribution in [0.2, 0.25) is 5.02 Å². The fourth-order valence-corrected chi connectivity index (χ4v) is 2.11. The van der Waals surface area contributed by atoms with E-state index in [0.717, 1.165) is 24.3 Å². The summed E-state index contributed by atoms with van der Waals surface area (Å²) in [6, 6.07) is 4.70. The highest BCUT2D eigenvalue weighted by Crippen LogP contribution is 2.20. The number of nitrogens with zero attached hydrogens (tertiary/aromatic N) is 2. The molecule has 0 atom stereocenters. The fourth-order valence-electron chi connectivity index (χ4n) is 1.99. The second kappa shape index (κ2) is 6.37. The molecule has 2 rings (SSSR count). The van der Waals surface area contributed by atoms with E-state index >= 15 is 0 Å². The van der Waals surface area contributed by atoms with Crippen molar-refractivity contribution in [3.05, 3.63) is 46.5 Å². The maximum Gasteiger partial charge on any atom is 0.143 e. The van der Waals surface area contributed by atoms with Crippen LogP contribution in [0.4, 0.5) is 4.39 Å². The fraction of sp³-hybridized carbons (Fsp3) is 0.400. The van der Waals surface area contributed by atoms with E-state index in [4.69, 9.17) is 11.6 Å². The zero-order valence-electron chi connectivity index (χ0n) is 12.0. The van der Waals surface area contributed by atoms with E-state index in [-0.39, 0.29) is 5.02 Å². The van der Waals surface area contributed by atoms with E-state index in [9.17, 15) is 4.39 Å². The first-order valence-corrected chi connectivity index (χ1v) is 7.06. The van der Waals surface area contributed by atoms with Gasteiger partial charge >= 0.3 is 0 Å². The van der Waals surface area contributed by atoms with Crippen molar-refractivity contribution in [1.29, 1.82) is 0 Å². The van der Waals surface area contributed by atoms with Crippen molar-refractivity contribution in [2.45, 2.75) is 27.3 Å². The Hall–Kier alpha value is -1.39. The van der Waals surface area contributed by atoms with Crippen molar-refractivity contribution in [3.8, 4) is 5.69 Å². The molecule has 0 aliphatic rings. The molecule has 0 radical (unpaired) electrons. The number of rotatable bonds is 5. The van der Waals surface area contributed by atoms with E-state index < -0.39 is 5.82 Å². The Bertz CT molecular complexity index is 593. The zero-order chi connectivity index (χ0) is 14.7. The third-order valence-electron chi connectivity index (χ3n) is 3.13. The smallest absolute Gasteiger partial charge is 0.143 e. The summed E-state index contributed by atoms with van der Waals surface area (Å²) in [5, 5.41) is 7.82. The van der Waals surface area contributed by atoms with E-state index in [1.807, 2.05) is 13.1 Å². The Kier molecular flexibility index (Phi) is 4.78. The van der Waals surface area contributed by atoms with Crippen LogP contribution in [0, 0.1) is 18.7 Å². The van der Waals surface area contributed by atoms with E-state index in [0.29, 0.717) is 11.6 Å². The monoisotopic (exact) mass is 295 g/mol. The number of benzene rings is 1. The zero-order valence-corrected chi connectivity index (χ0v) is 12.7. The molecule has 0 aliphatic carbocycles. The molecule has 108 valence electrons. The van der Waals surface area contributed by atoms with Crippen LogP contribution >= 0.6 is 11.6 Å². The Morgan fingerprint density at radius 1 is 1.40 bits per heavy atom. The van der Waals surface area contributed by atoms with Crippen LogP contribution in [-0.2, 0) is 6.54 Å². The van der Waals surface area contributed by atoms with Gasteiger partial charge in [-0.25, -0.2) is 9.07 Å². The SMILES string of the molecule is Cc1c(CNCC(C)C)cnn1-c1ccc(Cl)c(F)c1. The number of hydrogen-bond acceptors (Lipinski definition) is 2. The van der Waals surface area contributed by atoms with Crippen LogP contribution in [-0.4, -0.2) is 16.3 Å². The molecule has 0 aliphatic heterocycles. The molecule has 1 aromatic heterocycles. The molecule has 0 amide bonds. The van der Waals surface area contributed by atoms with Crippen molar-refractivity contribution in [3.63, 3.8) is 0 Å². The molecule has 1 N–H and O–H groups in total. The second-order valence-corrected chi connectivity index (χ2v) is 5.70. The Morgan fingerprint density at radius 2 is 2.15 bits per heavy atom. The molecule has 5 heteroatoms. The summed E-state index contributed by atoms with van der Waals surface area (Å²) >= 11 is 5.70. The molecule has 2 aromatic rings. The lowest BCUT2D eigenvalue weighted by atomic mass is 10.2. The first-order chi connectivity index (χ1) is 9.49. The van der Waals surface area contributed by atoms with Gasteiger partial charge in [-0.15, -0.1) is 0 Å². The van der Waals surface area contributed by atoms with Gasteiger partial charge in [-0.2, -0.15) is 5.10 Å². The van der Waals surface area contributed by atoms with Gasteiger partial charge in [-0.1, -0.05) is 25.4 Å². The summed E-state index contributed by atoms with van der Waals surface area (Å²) < 4.78 is 15.2. The normalized spacial score (nSPS) is 11.3. The van der Waals surface area contributed by atoms with Gasteiger partial charge in [-0.3, -0.25) is 0 Å². The highest BCUT2D eigenvalue weighted by molar-refractivity contribution is 6.30. The van der Waals surface area contributed by atoms with Gasteiger partial charge in [0.1, 0.15) is 5.82 Å². The molecule has 3 nitrogen and oxygen atoms in total. The molecular weight excluding hydrogens is 277 g/mol. The summed E-state index contributed by atoms with van der Waals surface area (Å²) in [6.07, 6.45) is 1.81. The van der Waals surface area contributed by atoms with Gasteiger partial charge < -0.3 is 5.32 Å². The lowest BCUT2D eigenvalue weighted by molar-refractivity contribution is 0.551. The van der Waals surface area contributed by atoms with Crippen LogP contribution in [0.25, 0.3) is 5.69 Å². The quantitative estimate of drug-likeness (QED) is 0.911. The van der Waals surface area contributed by atoms with E-state index in [2.05, 4.69) is 24.3 Å². The average molecular weight is 296 g/mol. The lowest BCUT2D eigenvalue weighted by Gasteiger charge is -2.08. The predicted octanol–water partition coefficient (Wildman–Crippen LogP) is 3.72. The van der Waals surface area contributed by atoms with Gasteiger partial charge in [0.2, 0.25) is 0 Å². The van der Waals surface area contributed by atoms with Crippen molar-refractivity contribution < 1.29 is 4.39 Å². The van der Waals surface area contributed by atoms with Gasteiger partial charge in [-0.05, 0) is 31.5 Å². The highest BCUT2D eigenvalue weighted by Gasteiger charge is 2.10. The number of aromatic nitrogens is 2. The standard InChI is InChI=1S/C15H19ClFN3/c1-10(2)7-18-8-12-9-19-20(11(12)3)13-4-5-14(16)15(17)6-13/h4-6,9-10,18H,7-8H2,1-3H3. The summed E-state index contributed by atoms with van der Waals surface area (Å²) in [6.45, 7) is 8.03. The van der Waals surface area contributed by atoms with Crippen LogP contribution in [0.15, 0.2) is 24.4 Å². The lowest BCUT2D eigenvalue weighted by Crippen LogP contribution is -2.19. The molecule has 1 heterocycles. The number of hydrogen-bond donors (Lipinski definition) is 1. The van der Waals surface area contributed by atoms with Crippen molar-refractivity contribution in [2.24, 2.45) is 5.92 Å². The van der Waals surface area contributed by atoms with Crippen molar-refractivity contribution in [2.75, 3.05) is 6.54 Å². The minimum atomic E-state index is -0.432. The number of nitrogens with one attached hydrogen (secondary N) is 1. The van der Waals surface area contributed by atoms with E-state index in [1.165, 1.54) is 6.07 Å². The summed E-state index contributed by atoms with van der Waals surface area (Å²) in [5.41, 5.74) is 2.79. The third-order valence-corrected chi connectivity index (χ3v) is 3.43. The van der Waals surface area contributed by atoms with Crippen LogP contribution in [0.1, 0.15) is 25.1 Å². The molecule has 0 bridgehead atoms. The molecule has 0 fully saturated rings. The van der Waals surface area contributed by atoms with Crippen LogP contribution in [0.5, 0.6) is 0 Å².